The standard InChI is InChI=1S/C15H25NO/c1-12(2)13(3)10-16-11-15(4,17)14-8-6-5-7-9-14/h5-9,12-13,16-17H,10-11H2,1-4H3. The maximum Gasteiger partial charge on any atom is 0.0992 e. The Hall–Kier alpha value is -0.860. The molecule has 0 aliphatic carbocycles. The van der Waals surface area contributed by atoms with Crippen LogP contribution in [0.1, 0.15) is 33.3 Å². The fourth-order valence-corrected chi connectivity index (χ4v) is 1.68. The van der Waals surface area contributed by atoms with E-state index in [2.05, 4.69) is 26.1 Å². The predicted molar refractivity (Wildman–Crippen MR) is 72.9 cm³/mol. The number of hydrogen-bond acceptors (Lipinski definition) is 2. The van der Waals surface area contributed by atoms with E-state index in [0.29, 0.717) is 18.4 Å². The summed E-state index contributed by atoms with van der Waals surface area (Å²) in [5.74, 6) is 1.30. The molecular weight excluding hydrogens is 210 g/mol. The molecule has 2 heteroatoms. The van der Waals surface area contributed by atoms with E-state index in [-0.39, 0.29) is 0 Å². The molecule has 0 bridgehead atoms. The van der Waals surface area contributed by atoms with Crippen LogP contribution in [-0.2, 0) is 5.60 Å². The van der Waals surface area contributed by atoms with Crippen LogP contribution in [0.15, 0.2) is 30.3 Å². The van der Waals surface area contributed by atoms with Crippen molar-refractivity contribution >= 4 is 0 Å². The third-order valence-corrected chi connectivity index (χ3v) is 3.47. The van der Waals surface area contributed by atoms with Gasteiger partial charge in [-0.1, -0.05) is 51.1 Å². The Morgan fingerprint density at radius 3 is 2.29 bits per heavy atom. The fraction of sp³-hybridized carbons (Fsp3) is 0.600. The average molecular weight is 235 g/mol. The summed E-state index contributed by atoms with van der Waals surface area (Å²) in [5, 5.41) is 13.7. The minimum atomic E-state index is -0.794. The zero-order valence-electron chi connectivity index (χ0n) is 11.4. The van der Waals surface area contributed by atoms with Crippen molar-refractivity contribution in [3.05, 3.63) is 35.9 Å². The minimum Gasteiger partial charge on any atom is -0.384 e. The molecule has 0 heterocycles. The number of aliphatic hydroxyl groups is 1. The first-order chi connectivity index (χ1) is 7.93. The van der Waals surface area contributed by atoms with Crippen LogP contribution >= 0.6 is 0 Å². The zero-order valence-corrected chi connectivity index (χ0v) is 11.4. The molecule has 0 aliphatic rings. The maximum absolute atomic E-state index is 10.4. The number of nitrogens with one attached hydrogen (secondary N) is 1. The smallest absolute Gasteiger partial charge is 0.0992 e. The Morgan fingerprint density at radius 1 is 1.18 bits per heavy atom. The van der Waals surface area contributed by atoms with Crippen LogP contribution < -0.4 is 5.32 Å². The van der Waals surface area contributed by atoms with Gasteiger partial charge in [0.1, 0.15) is 0 Å². The molecule has 0 amide bonds. The molecule has 2 unspecified atom stereocenters. The van der Waals surface area contributed by atoms with Crippen molar-refractivity contribution in [1.29, 1.82) is 0 Å². The van der Waals surface area contributed by atoms with Crippen molar-refractivity contribution in [3.63, 3.8) is 0 Å². The monoisotopic (exact) mass is 235 g/mol. The highest BCUT2D eigenvalue weighted by molar-refractivity contribution is 5.21. The van der Waals surface area contributed by atoms with Crippen LogP contribution in [0, 0.1) is 11.8 Å². The Kier molecular flexibility index (Phi) is 5.16. The van der Waals surface area contributed by atoms with Crippen molar-refractivity contribution in [2.45, 2.75) is 33.3 Å². The van der Waals surface area contributed by atoms with Crippen LogP contribution in [0.3, 0.4) is 0 Å². The average Bonchev–Trinajstić information content (AvgIpc) is 2.29. The largest absolute Gasteiger partial charge is 0.384 e. The summed E-state index contributed by atoms with van der Waals surface area (Å²) in [6.45, 7) is 10.1. The van der Waals surface area contributed by atoms with E-state index >= 15 is 0 Å². The van der Waals surface area contributed by atoms with Gasteiger partial charge in [0.15, 0.2) is 0 Å². The molecule has 0 fully saturated rings. The lowest BCUT2D eigenvalue weighted by Crippen LogP contribution is -2.37. The first-order valence-electron chi connectivity index (χ1n) is 6.42. The Balaban J connectivity index is 2.46. The van der Waals surface area contributed by atoms with Gasteiger partial charge in [0.05, 0.1) is 5.60 Å². The second-order valence-corrected chi connectivity index (χ2v) is 5.49. The van der Waals surface area contributed by atoms with Crippen molar-refractivity contribution in [1.82, 2.24) is 5.32 Å². The summed E-state index contributed by atoms with van der Waals surface area (Å²) < 4.78 is 0. The van der Waals surface area contributed by atoms with Crippen LogP contribution in [0.4, 0.5) is 0 Å². The van der Waals surface area contributed by atoms with E-state index in [1.165, 1.54) is 0 Å². The van der Waals surface area contributed by atoms with Crippen LogP contribution in [0.2, 0.25) is 0 Å². The van der Waals surface area contributed by atoms with Gasteiger partial charge in [-0.2, -0.15) is 0 Å². The van der Waals surface area contributed by atoms with E-state index < -0.39 is 5.60 Å². The topological polar surface area (TPSA) is 32.3 Å². The minimum absolute atomic E-state index is 0.591. The Morgan fingerprint density at radius 2 is 1.76 bits per heavy atom. The lowest BCUT2D eigenvalue weighted by Gasteiger charge is -2.26. The number of benzene rings is 1. The van der Waals surface area contributed by atoms with Gasteiger partial charge in [-0.15, -0.1) is 0 Å². The molecule has 1 aromatic rings. The molecule has 96 valence electrons. The fourth-order valence-electron chi connectivity index (χ4n) is 1.68. The summed E-state index contributed by atoms with van der Waals surface area (Å²) in [7, 11) is 0. The second-order valence-electron chi connectivity index (χ2n) is 5.49. The quantitative estimate of drug-likeness (QED) is 0.794. The molecule has 2 N–H and O–H groups in total. The molecule has 0 aromatic heterocycles. The van der Waals surface area contributed by atoms with Crippen LogP contribution in [0.5, 0.6) is 0 Å². The zero-order chi connectivity index (χ0) is 12.9. The highest BCUT2D eigenvalue weighted by atomic mass is 16.3. The number of rotatable bonds is 6. The third-order valence-electron chi connectivity index (χ3n) is 3.47. The molecule has 0 saturated heterocycles. The molecule has 1 aromatic carbocycles. The summed E-state index contributed by atoms with van der Waals surface area (Å²) in [6.07, 6.45) is 0. The van der Waals surface area contributed by atoms with Gasteiger partial charge in [0.25, 0.3) is 0 Å². The van der Waals surface area contributed by atoms with Gasteiger partial charge in [-0.25, -0.2) is 0 Å². The van der Waals surface area contributed by atoms with Crippen LogP contribution in [0.25, 0.3) is 0 Å². The lowest BCUT2D eigenvalue weighted by molar-refractivity contribution is 0.0556. The summed E-state index contributed by atoms with van der Waals surface area (Å²) in [6, 6.07) is 9.82. The molecule has 2 nitrogen and oxygen atoms in total. The van der Waals surface area contributed by atoms with Crippen LogP contribution in [-0.4, -0.2) is 18.2 Å². The van der Waals surface area contributed by atoms with Gasteiger partial charge in [-0.3, -0.25) is 0 Å². The van der Waals surface area contributed by atoms with E-state index in [4.69, 9.17) is 0 Å². The van der Waals surface area contributed by atoms with Crippen molar-refractivity contribution in [2.75, 3.05) is 13.1 Å². The van der Waals surface area contributed by atoms with Gasteiger partial charge < -0.3 is 10.4 Å². The van der Waals surface area contributed by atoms with Crippen molar-refractivity contribution < 1.29 is 5.11 Å². The Labute approximate surface area is 105 Å². The van der Waals surface area contributed by atoms with E-state index in [1.807, 2.05) is 37.3 Å². The number of hydrogen-bond donors (Lipinski definition) is 2. The summed E-state index contributed by atoms with van der Waals surface area (Å²) in [4.78, 5) is 0. The predicted octanol–water partition coefficient (Wildman–Crippen LogP) is 2.78. The Bertz CT molecular complexity index is 319. The second kappa shape index (κ2) is 6.18. The molecule has 0 spiro atoms. The van der Waals surface area contributed by atoms with E-state index in [9.17, 15) is 5.11 Å². The summed E-state index contributed by atoms with van der Waals surface area (Å²) in [5.41, 5.74) is 0.169. The van der Waals surface area contributed by atoms with Gasteiger partial charge >= 0.3 is 0 Å². The van der Waals surface area contributed by atoms with Crippen molar-refractivity contribution in [2.24, 2.45) is 11.8 Å². The third kappa shape index (κ3) is 4.49. The van der Waals surface area contributed by atoms with E-state index in [1.54, 1.807) is 0 Å². The highest BCUT2D eigenvalue weighted by Gasteiger charge is 2.22. The first kappa shape index (κ1) is 14.2. The maximum atomic E-state index is 10.4. The molecular formula is C15H25NO. The molecule has 0 aliphatic heterocycles. The molecule has 0 radical (unpaired) electrons. The molecule has 17 heavy (non-hydrogen) atoms. The normalized spacial score (nSPS) is 16.8. The van der Waals surface area contributed by atoms with Gasteiger partial charge in [-0.05, 0) is 30.9 Å². The first-order valence-corrected chi connectivity index (χ1v) is 6.42. The highest BCUT2D eigenvalue weighted by Crippen LogP contribution is 2.19. The van der Waals surface area contributed by atoms with Gasteiger partial charge in [0, 0.05) is 6.54 Å². The molecule has 0 saturated carbocycles. The molecule has 2 atom stereocenters. The van der Waals surface area contributed by atoms with Gasteiger partial charge in [0.2, 0.25) is 0 Å². The molecule has 1 rings (SSSR count). The lowest BCUT2D eigenvalue weighted by atomic mass is 9.94. The SMILES string of the molecule is CC(C)C(C)CNCC(C)(O)c1ccccc1. The summed E-state index contributed by atoms with van der Waals surface area (Å²) >= 11 is 0. The van der Waals surface area contributed by atoms with E-state index in [0.717, 1.165) is 12.1 Å². The van der Waals surface area contributed by atoms with Crippen molar-refractivity contribution in [3.8, 4) is 0 Å².